The first-order chi connectivity index (χ1) is 12.6. The summed E-state index contributed by atoms with van der Waals surface area (Å²) in [7, 11) is 0. The monoisotopic (exact) mass is 374 g/mol. The van der Waals surface area contributed by atoms with E-state index in [1.807, 2.05) is 19.1 Å². The quantitative estimate of drug-likeness (QED) is 0.678. The predicted molar refractivity (Wildman–Crippen MR) is 98.5 cm³/mol. The number of rotatable bonds is 8. The summed E-state index contributed by atoms with van der Waals surface area (Å²) in [6.45, 7) is 4.05. The zero-order valence-electron chi connectivity index (χ0n) is 14.8. The first-order valence-electron chi connectivity index (χ1n) is 8.65. The van der Waals surface area contributed by atoms with Gasteiger partial charge in [-0.1, -0.05) is 11.8 Å². The zero-order chi connectivity index (χ0) is 18.5. The molecule has 0 saturated heterocycles. The van der Waals surface area contributed by atoms with Gasteiger partial charge in [0, 0.05) is 30.5 Å². The second-order valence-corrected chi connectivity index (χ2v) is 7.06. The van der Waals surface area contributed by atoms with Gasteiger partial charge in [-0.05, 0) is 38.8 Å². The Morgan fingerprint density at radius 2 is 2.04 bits per heavy atom. The van der Waals surface area contributed by atoms with Gasteiger partial charge in [0.2, 0.25) is 11.8 Å². The van der Waals surface area contributed by atoms with E-state index in [0.29, 0.717) is 12.6 Å². The normalized spacial score (nSPS) is 14.7. The van der Waals surface area contributed by atoms with E-state index >= 15 is 0 Å². The number of likely N-dealkylation sites (N-methyl/N-ethyl adjacent to an activating group) is 1. The van der Waals surface area contributed by atoms with Crippen molar-refractivity contribution >= 4 is 23.6 Å². The van der Waals surface area contributed by atoms with Crippen LogP contribution in [0.2, 0.25) is 0 Å². The molecular formula is C17H22N6O2S. The highest BCUT2D eigenvalue weighted by molar-refractivity contribution is 7.99. The third-order valence-corrected chi connectivity index (χ3v) is 4.91. The molecule has 1 fully saturated rings. The first-order valence-corrected chi connectivity index (χ1v) is 9.64. The number of nitrogens with one attached hydrogen (secondary N) is 2. The number of amides is 2. The molecule has 2 aromatic heterocycles. The van der Waals surface area contributed by atoms with Gasteiger partial charge in [-0.2, -0.15) is 0 Å². The molecule has 138 valence electrons. The molecule has 2 N–H and O–H groups in total. The second-order valence-electron chi connectivity index (χ2n) is 6.12. The summed E-state index contributed by atoms with van der Waals surface area (Å²) < 4.78 is 2.10. The van der Waals surface area contributed by atoms with Crippen LogP contribution in [0.4, 0.5) is 0 Å². The van der Waals surface area contributed by atoms with Crippen molar-refractivity contribution in [2.75, 3.05) is 12.3 Å². The van der Waals surface area contributed by atoms with Crippen molar-refractivity contribution in [3.05, 3.63) is 24.5 Å². The Balaban J connectivity index is 1.64. The minimum absolute atomic E-state index is 0.185. The van der Waals surface area contributed by atoms with E-state index in [4.69, 9.17) is 0 Å². The summed E-state index contributed by atoms with van der Waals surface area (Å²) in [5.41, 5.74) is 0.959. The number of aromatic nitrogens is 4. The highest BCUT2D eigenvalue weighted by atomic mass is 32.2. The molecule has 0 aliphatic heterocycles. The fourth-order valence-corrected chi connectivity index (χ4v) is 3.36. The van der Waals surface area contributed by atoms with E-state index < -0.39 is 6.04 Å². The maximum Gasteiger partial charge on any atom is 0.242 e. The summed E-state index contributed by atoms with van der Waals surface area (Å²) in [6, 6.07) is 3.63. The standard InChI is InChI=1S/C17H22N6O2S/c1-3-19-16(25)11(2)20-14(24)10-26-17-22-21-15(23(17)13-4-5-13)12-6-8-18-9-7-12/h6-9,11,13H,3-5,10H2,1-2H3,(H,19,25)(H,20,24)/t11-/m0/s1. The summed E-state index contributed by atoms with van der Waals surface area (Å²) in [6.07, 6.45) is 5.63. The highest BCUT2D eigenvalue weighted by Crippen LogP contribution is 2.40. The molecule has 2 aromatic rings. The lowest BCUT2D eigenvalue weighted by molar-refractivity contribution is -0.127. The van der Waals surface area contributed by atoms with E-state index in [1.54, 1.807) is 19.3 Å². The van der Waals surface area contributed by atoms with Crippen LogP contribution in [0.25, 0.3) is 11.4 Å². The van der Waals surface area contributed by atoms with Crippen LogP contribution in [0.15, 0.2) is 29.7 Å². The topological polar surface area (TPSA) is 102 Å². The Kier molecular flexibility index (Phi) is 5.87. The lowest BCUT2D eigenvalue weighted by Crippen LogP contribution is -2.45. The van der Waals surface area contributed by atoms with E-state index in [0.717, 1.165) is 29.4 Å². The molecule has 2 amide bonds. The summed E-state index contributed by atoms with van der Waals surface area (Å²) in [5, 5.41) is 14.7. The van der Waals surface area contributed by atoms with Gasteiger partial charge in [0.05, 0.1) is 5.75 Å². The molecule has 0 bridgehead atoms. The molecule has 0 spiro atoms. The number of carbonyl (C=O) groups is 2. The second kappa shape index (κ2) is 8.31. The minimum atomic E-state index is -0.559. The van der Waals surface area contributed by atoms with Crippen LogP contribution in [0.1, 0.15) is 32.7 Å². The van der Waals surface area contributed by atoms with Crippen molar-refractivity contribution in [3.63, 3.8) is 0 Å². The van der Waals surface area contributed by atoms with Gasteiger partial charge in [0.1, 0.15) is 6.04 Å². The Bertz CT molecular complexity index is 775. The van der Waals surface area contributed by atoms with Crippen LogP contribution in [-0.4, -0.2) is 49.9 Å². The van der Waals surface area contributed by atoms with Gasteiger partial charge in [-0.3, -0.25) is 19.1 Å². The average Bonchev–Trinajstić information content (AvgIpc) is 3.40. The number of carbonyl (C=O) groups excluding carboxylic acids is 2. The number of pyridine rings is 1. The van der Waals surface area contributed by atoms with Gasteiger partial charge >= 0.3 is 0 Å². The average molecular weight is 374 g/mol. The third kappa shape index (κ3) is 4.40. The molecule has 2 heterocycles. The van der Waals surface area contributed by atoms with Crippen molar-refractivity contribution < 1.29 is 9.59 Å². The Morgan fingerprint density at radius 1 is 1.31 bits per heavy atom. The molecule has 0 aromatic carbocycles. The third-order valence-electron chi connectivity index (χ3n) is 3.97. The SMILES string of the molecule is CCNC(=O)[C@H](C)NC(=O)CSc1nnc(-c2ccncc2)n1C1CC1. The van der Waals surface area contributed by atoms with Crippen LogP contribution in [0.3, 0.4) is 0 Å². The van der Waals surface area contributed by atoms with Crippen LogP contribution in [0.5, 0.6) is 0 Å². The number of hydrogen-bond donors (Lipinski definition) is 2. The van der Waals surface area contributed by atoms with E-state index in [-0.39, 0.29) is 17.6 Å². The van der Waals surface area contributed by atoms with E-state index in [9.17, 15) is 9.59 Å². The maximum atomic E-state index is 12.1. The predicted octanol–water partition coefficient (Wildman–Crippen LogP) is 1.41. The molecule has 0 unspecified atom stereocenters. The molecular weight excluding hydrogens is 352 g/mol. The molecule has 1 saturated carbocycles. The first kappa shape index (κ1) is 18.4. The lowest BCUT2D eigenvalue weighted by Gasteiger charge is -2.13. The molecule has 8 nitrogen and oxygen atoms in total. The lowest BCUT2D eigenvalue weighted by atomic mass is 10.2. The van der Waals surface area contributed by atoms with Crippen molar-refractivity contribution in [2.45, 2.75) is 43.9 Å². The van der Waals surface area contributed by atoms with Gasteiger partial charge in [-0.25, -0.2) is 0 Å². The fraction of sp³-hybridized carbons (Fsp3) is 0.471. The smallest absolute Gasteiger partial charge is 0.242 e. The Hall–Kier alpha value is -2.42. The van der Waals surface area contributed by atoms with Crippen LogP contribution in [-0.2, 0) is 9.59 Å². The number of thioether (sulfide) groups is 1. The molecule has 1 aliphatic rings. The Labute approximate surface area is 156 Å². The number of nitrogens with zero attached hydrogens (tertiary/aromatic N) is 4. The van der Waals surface area contributed by atoms with Crippen molar-refractivity contribution in [2.24, 2.45) is 0 Å². The van der Waals surface area contributed by atoms with Crippen molar-refractivity contribution in [3.8, 4) is 11.4 Å². The molecule has 26 heavy (non-hydrogen) atoms. The van der Waals surface area contributed by atoms with Gasteiger partial charge in [-0.15, -0.1) is 10.2 Å². The Morgan fingerprint density at radius 3 is 2.69 bits per heavy atom. The van der Waals surface area contributed by atoms with Crippen molar-refractivity contribution in [1.29, 1.82) is 0 Å². The number of hydrogen-bond acceptors (Lipinski definition) is 6. The summed E-state index contributed by atoms with van der Waals surface area (Å²) in [4.78, 5) is 27.9. The minimum Gasteiger partial charge on any atom is -0.355 e. The van der Waals surface area contributed by atoms with Crippen molar-refractivity contribution in [1.82, 2.24) is 30.4 Å². The highest BCUT2D eigenvalue weighted by Gasteiger charge is 2.30. The largest absolute Gasteiger partial charge is 0.355 e. The molecule has 0 radical (unpaired) electrons. The van der Waals surface area contributed by atoms with Crippen LogP contribution < -0.4 is 10.6 Å². The fourth-order valence-electron chi connectivity index (χ4n) is 2.54. The molecule has 1 aliphatic carbocycles. The van der Waals surface area contributed by atoms with E-state index in [2.05, 4.69) is 30.4 Å². The van der Waals surface area contributed by atoms with Crippen LogP contribution >= 0.6 is 11.8 Å². The van der Waals surface area contributed by atoms with E-state index in [1.165, 1.54) is 11.8 Å². The summed E-state index contributed by atoms with van der Waals surface area (Å²) in [5.74, 6) is 0.593. The van der Waals surface area contributed by atoms with Crippen LogP contribution in [0, 0.1) is 0 Å². The van der Waals surface area contributed by atoms with Gasteiger partial charge in [0.15, 0.2) is 11.0 Å². The van der Waals surface area contributed by atoms with Gasteiger partial charge in [0.25, 0.3) is 0 Å². The maximum absolute atomic E-state index is 12.1. The van der Waals surface area contributed by atoms with Gasteiger partial charge < -0.3 is 10.6 Å². The molecule has 1 atom stereocenters. The molecule has 3 rings (SSSR count). The molecule has 9 heteroatoms. The zero-order valence-corrected chi connectivity index (χ0v) is 15.6. The summed E-state index contributed by atoms with van der Waals surface area (Å²) >= 11 is 1.34.